The van der Waals surface area contributed by atoms with Crippen LogP contribution in [0, 0.1) is 0 Å². The fourth-order valence-electron chi connectivity index (χ4n) is 2.31. The van der Waals surface area contributed by atoms with Crippen molar-refractivity contribution in [3.8, 4) is 0 Å². The minimum Gasteiger partial charge on any atom is -0.459 e. The average Bonchev–Trinajstić information content (AvgIpc) is 2.31. The summed E-state index contributed by atoms with van der Waals surface area (Å²) >= 11 is 5.89. The number of carbonyl (C=O) groups excluding carboxylic acids is 1. The molecule has 104 valence electrons. The van der Waals surface area contributed by atoms with Crippen molar-refractivity contribution < 1.29 is 14.3 Å². The number of rotatable bonds is 2. The maximum absolute atomic E-state index is 12.0. The lowest BCUT2D eigenvalue weighted by Crippen LogP contribution is -2.35. The molecule has 19 heavy (non-hydrogen) atoms. The molecule has 0 bridgehead atoms. The number of hydrogen-bond acceptors (Lipinski definition) is 4. The molecule has 5 heteroatoms. The molecule has 0 aliphatic carbocycles. The zero-order chi connectivity index (χ0) is 14.0. The summed E-state index contributed by atoms with van der Waals surface area (Å²) in [5.41, 5.74) is 6.48. The second-order valence-corrected chi connectivity index (χ2v) is 5.40. The van der Waals surface area contributed by atoms with Gasteiger partial charge in [-0.1, -0.05) is 11.6 Å². The molecule has 1 aromatic carbocycles. The zero-order valence-corrected chi connectivity index (χ0v) is 11.8. The zero-order valence-electron chi connectivity index (χ0n) is 11.1. The third-order valence-corrected chi connectivity index (χ3v) is 3.49. The predicted molar refractivity (Wildman–Crippen MR) is 74.3 cm³/mol. The lowest BCUT2D eigenvalue weighted by Gasteiger charge is -2.31. The summed E-state index contributed by atoms with van der Waals surface area (Å²) in [7, 11) is 0. The highest BCUT2D eigenvalue weighted by molar-refractivity contribution is 6.33. The maximum atomic E-state index is 12.0. The number of ether oxygens (including phenoxy) is 2. The van der Waals surface area contributed by atoms with Crippen molar-refractivity contribution in [3.05, 3.63) is 28.8 Å². The Morgan fingerprint density at radius 2 is 2.00 bits per heavy atom. The molecule has 2 unspecified atom stereocenters. The fraction of sp³-hybridized carbons (Fsp3) is 0.500. The molecule has 4 nitrogen and oxygen atoms in total. The normalized spacial score (nSPS) is 27.0. The SMILES string of the molecule is CC1CC(OC(=O)c2ccc(N)c(Cl)c2)CC(C)O1. The van der Waals surface area contributed by atoms with E-state index in [4.69, 9.17) is 26.8 Å². The molecule has 0 amide bonds. The van der Waals surface area contributed by atoms with E-state index in [-0.39, 0.29) is 24.3 Å². The first kappa shape index (κ1) is 14.2. The van der Waals surface area contributed by atoms with Crippen molar-refractivity contribution in [2.24, 2.45) is 0 Å². The largest absolute Gasteiger partial charge is 0.459 e. The summed E-state index contributed by atoms with van der Waals surface area (Å²) in [4.78, 5) is 12.0. The van der Waals surface area contributed by atoms with Crippen LogP contribution in [0.15, 0.2) is 18.2 Å². The quantitative estimate of drug-likeness (QED) is 0.669. The van der Waals surface area contributed by atoms with Gasteiger partial charge in [-0.05, 0) is 32.0 Å². The Kier molecular flexibility index (Phi) is 4.32. The summed E-state index contributed by atoms with van der Waals surface area (Å²) in [6.07, 6.45) is 1.55. The number of anilines is 1. The van der Waals surface area contributed by atoms with Gasteiger partial charge in [-0.25, -0.2) is 4.79 Å². The smallest absolute Gasteiger partial charge is 0.338 e. The van der Waals surface area contributed by atoms with Crippen LogP contribution in [0.1, 0.15) is 37.0 Å². The van der Waals surface area contributed by atoms with Crippen LogP contribution in [0.4, 0.5) is 5.69 Å². The molecule has 1 aliphatic heterocycles. The van der Waals surface area contributed by atoms with Crippen molar-refractivity contribution in [2.45, 2.75) is 45.0 Å². The third-order valence-electron chi connectivity index (χ3n) is 3.16. The average molecular weight is 284 g/mol. The summed E-state index contributed by atoms with van der Waals surface area (Å²) in [5, 5.41) is 0.364. The van der Waals surface area contributed by atoms with Gasteiger partial charge < -0.3 is 15.2 Å². The van der Waals surface area contributed by atoms with Crippen molar-refractivity contribution >= 4 is 23.3 Å². The number of carbonyl (C=O) groups is 1. The standard InChI is InChI=1S/C14H18ClNO3/c1-8-5-11(6-9(2)18-8)19-14(17)10-3-4-13(16)12(15)7-10/h3-4,7-9,11H,5-6,16H2,1-2H3. The Labute approximate surface area is 117 Å². The Hall–Kier alpha value is -1.26. The monoisotopic (exact) mass is 283 g/mol. The first-order valence-corrected chi connectivity index (χ1v) is 6.75. The van der Waals surface area contributed by atoms with Crippen LogP contribution in [0.2, 0.25) is 5.02 Å². The van der Waals surface area contributed by atoms with Gasteiger partial charge in [0, 0.05) is 12.8 Å². The van der Waals surface area contributed by atoms with Crippen molar-refractivity contribution in [1.82, 2.24) is 0 Å². The lowest BCUT2D eigenvalue weighted by atomic mass is 10.0. The fourth-order valence-corrected chi connectivity index (χ4v) is 2.49. The number of halogens is 1. The molecule has 1 saturated heterocycles. The molecule has 1 aliphatic rings. The van der Waals surface area contributed by atoms with Gasteiger partial charge in [0.25, 0.3) is 0 Å². The van der Waals surface area contributed by atoms with E-state index >= 15 is 0 Å². The molecule has 1 fully saturated rings. The van der Waals surface area contributed by atoms with Gasteiger partial charge in [0.2, 0.25) is 0 Å². The van der Waals surface area contributed by atoms with E-state index in [1.165, 1.54) is 6.07 Å². The Balaban J connectivity index is 2.02. The second kappa shape index (κ2) is 5.80. The van der Waals surface area contributed by atoms with E-state index < -0.39 is 0 Å². The van der Waals surface area contributed by atoms with Crippen LogP contribution in [-0.2, 0) is 9.47 Å². The van der Waals surface area contributed by atoms with Crippen LogP contribution in [-0.4, -0.2) is 24.3 Å². The van der Waals surface area contributed by atoms with Gasteiger partial charge in [0.15, 0.2) is 0 Å². The Morgan fingerprint density at radius 3 is 2.58 bits per heavy atom. The number of hydrogen-bond donors (Lipinski definition) is 1. The van der Waals surface area contributed by atoms with Gasteiger partial charge in [0.05, 0.1) is 28.5 Å². The molecule has 0 radical (unpaired) electrons. The molecule has 2 rings (SSSR count). The number of nitrogen functional groups attached to an aromatic ring is 1. The molecule has 0 saturated carbocycles. The molecule has 1 aromatic rings. The highest BCUT2D eigenvalue weighted by Crippen LogP contribution is 2.24. The molecule has 1 heterocycles. The Morgan fingerprint density at radius 1 is 1.37 bits per heavy atom. The summed E-state index contributed by atoms with van der Waals surface area (Å²) < 4.78 is 11.1. The second-order valence-electron chi connectivity index (χ2n) is 4.99. The molecule has 2 atom stereocenters. The summed E-state index contributed by atoms with van der Waals surface area (Å²) in [5.74, 6) is -0.367. The minimum atomic E-state index is -0.367. The van der Waals surface area contributed by atoms with Gasteiger partial charge in [0.1, 0.15) is 6.10 Å². The van der Waals surface area contributed by atoms with E-state index in [0.29, 0.717) is 16.3 Å². The molecule has 2 N–H and O–H groups in total. The van der Waals surface area contributed by atoms with Gasteiger partial charge in [-0.15, -0.1) is 0 Å². The third kappa shape index (κ3) is 3.61. The van der Waals surface area contributed by atoms with Crippen molar-refractivity contribution in [2.75, 3.05) is 5.73 Å². The molecular weight excluding hydrogens is 266 g/mol. The lowest BCUT2D eigenvalue weighted by molar-refractivity contribution is -0.0855. The predicted octanol–water partition coefficient (Wildman–Crippen LogP) is 3.04. The van der Waals surface area contributed by atoms with Gasteiger partial charge in [-0.2, -0.15) is 0 Å². The number of benzene rings is 1. The first-order valence-electron chi connectivity index (χ1n) is 6.37. The molecular formula is C14H18ClNO3. The highest BCUT2D eigenvalue weighted by Gasteiger charge is 2.27. The van der Waals surface area contributed by atoms with Gasteiger partial charge in [-0.3, -0.25) is 0 Å². The molecule has 0 aromatic heterocycles. The van der Waals surface area contributed by atoms with E-state index in [9.17, 15) is 4.79 Å². The van der Waals surface area contributed by atoms with E-state index in [2.05, 4.69) is 0 Å². The van der Waals surface area contributed by atoms with E-state index in [1.54, 1.807) is 12.1 Å². The maximum Gasteiger partial charge on any atom is 0.338 e. The van der Waals surface area contributed by atoms with Gasteiger partial charge >= 0.3 is 5.97 Å². The summed E-state index contributed by atoms with van der Waals surface area (Å²) in [6, 6.07) is 4.76. The van der Waals surface area contributed by atoms with E-state index in [0.717, 1.165) is 12.8 Å². The van der Waals surface area contributed by atoms with Crippen LogP contribution in [0.5, 0.6) is 0 Å². The minimum absolute atomic E-state index is 0.108. The van der Waals surface area contributed by atoms with Crippen LogP contribution >= 0.6 is 11.6 Å². The topological polar surface area (TPSA) is 61.5 Å². The van der Waals surface area contributed by atoms with Crippen molar-refractivity contribution in [3.63, 3.8) is 0 Å². The van der Waals surface area contributed by atoms with Crippen LogP contribution < -0.4 is 5.73 Å². The van der Waals surface area contributed by atoms with Crippen molar-refractivity contribution in [1.29, 1.82) is 0 Å². The highest BCUT2D eigenvalue weighted by atomic mass is 35.5. The van der Waals surface area contributed by atoms with E-state index in [1.807, 2.05) is 13.8 Å². The number of esters is 1. The van der Waals surface area contributed by atoms with Crippen LogP contribution in [0.25, 0.3) is 0 Å². The van der Waals surface area contributed by atoms with Crippen LogP contribution in [0.3, 0.4) is 0 Å². The Bertz CT molecular complexity index is 468. The first-order chi connectivity index (χ1) is 8.95. The summed E-state index contributed by atoms with van der Waals surface area (Å²) in [6.45, 7) is 3.97. The number of nitrogens with two attached hydrogens (primary N) is 1. The molecule has 0 spiro atoms.